The fourth-order valence-corrected chi connectivity index (χ4v) is 1.04. The van der Waals surface area contributed by atoms with Crippen LogP contribution in [0.3, 0.4) is 0 Å². The summed E-state index contributed by atoms with van der Waals surface area (Å²) in [5, 5.41) is 3.86. The van der Waals surface area contributed by atoms with Gasteiger partial charge >= 0.3 is 6.03 Å². The normalized spacial score (nSPS) is 17.3. The minimum absolute atomic E-state index is 0.293. The standard InChI is InChI=1S/C4H4N2O4S/c7-2-1-3(11(9)10)6-4(8)5-2/h1H2,(H2,5,6,7,8). The van der Waals surface area contributed by atoms with E-state index < -0.39 is 22.2 Å². The van der Waals surface area contributed by atoms with Crippen molar-refractivity contribution >= 4 is 27.2 Å². The summed E-state index contributed by atoms with van der Waals surface area (Å²) in [5.74, 6) is -0.618. The van der Waals surface area contributed by atoms with Crippen molar-refractivity contribution in [2.75, 3.05) is 0 Å². The Morgan fingerprint density at radius 3 is 2.27 bits per heavy atom. The Labute approximate surface area is 63.1 Å². The zero-order chi connectivity index (χ0) is 8.43. The third-order valence-electron chi connectivity index (χ3n) is 1.03. The van der Waals surface area contributed by atoms with Crippen molar-refractivity contribution in [2.45, 2.75) is 6.42 Å². The van der Waals surface area contributed by atoms with Gasteiger partial charge in [0.05, 0.1) is 6.42 Å². The Bertz CT molecular complexity index is 315. The summed E-state index contributed by atoms with van der Waals surface area (Å²) in [5.41, 5.74) is 0. The van der Waals surface area contributed by atoms with E-state index >= 15 is 0 Å². The van der Waals surface area contributed by atoms with E-state index in [2.05, 4.69) is 0 Å². The number of amides is 3. The second kappa shape index (κ2) is 2.70. The Balaban J connectivity index is 2.98. The smallest absolute Gasteiger partial charge is 0.298 e. The van der Waals surface area contributed by atoms with Crippen LogP contribution >= 0.6 is 0 Å². The number of carbonyl (C=O) groups is 2. The molecule has 0 unspecified atom stereocenters. The van der Waals surface area contributed by atoms with E-state index in [1.165, 1.54) is 0 Å². The van der Waals surface area contributed by atoms with Crippen molar-refractivity contribution < 1.29 is 18.0 Å². The van der Waals surface area contributed by atoms with E-state index in [1.807, 2.05) is 10.6 Å². The lowest BCUT2D eigenvalue weighted by molar-refractivity contribution is -0.119. The van der Waals surface area contributed by atoms with Gasteiger partial charge in [-0.15, -0.1) is 0 Å². The Morgan fingerprint density at radius 1 is 1.18 bits per heavy atom. The first-order valence-corrected chi connectivity index (χ1v) is 3.73. The SMILES string of the molecule is O=C1CC(=S(=O)=O)NC(=O)N1. The number of urea groups is 1. The second-order valence-electron chi connectivity index (χ2n) is 1.84. The van der Waals surface area contributed by atoms with Gasteiger partial charge in [-0.2, -0.15) is 8.42 Å². The molecule has 0 aliphatic carbocycles. The molecule has 1 heterocycles. The molecule has 0 aromatic rings. The molecule has 1 fully saturated rings. The van der Waals surface area contributed by atoms with Crippen LogP contribution in [-0.2, 0) is 15.1 Å². The minimum Gasteiger partial charge on any atom is -0.298 e. The third kappa shape index (κ3) is 1.77. The average molecular weight is 176 g/mol. The zero-order valence-corrected chi connectivity index (χ0v) is 6.06. The highest BCUT2D eigenvalue weighted by Gasteiger charge is 2.20. The summed E-state index contributed by atoms with van der Waals surface area (Å²) in [6, 6.07) is -0.805. The molecule has 1 saturated heterocycles. The van der Waals surface area contributed by atoms with Gasteiger partial charge in [0, 0.05) is 0 Å². The van der Waals surface area contributed by atoms with Crippen molar-refractivity contribution in [3.05, 3.63) is 0 Å². The van der Waals surface area contributed by atoms with Crippen molar-refractivity contribution in [3.63, 3.8) is 0 Å². The molecule has 1 aliphatic rings. The maximum absolute atomic E-state index is 10.5. The summed E-state index contributed by atoms with van der Waals surface area (Å²) < 4.78 is 20.4. The van der Waals surface area contributed by atoms with E-state index in [4.69, 9.17) is 0 Å². The molecular formula is C4H4N2O4S. The summed E-state index contributed by atoms with van der Waals surface area (Å²) in [4.78, 5) is 20.7. The molecule has 1 aliphatic heterocycles. The molecule has 11 heavy (non-hydrogen) atoms. The molecule has 0 radical (unpaired) electrons. The quantitative estimate of drug-likeness (QED) is 0.427. The first-order chi connectivity index (χ1) is 5.09. The van der Waals surface area contributed by atoms with Crippen LogP contribution in [0.15, 0.2) is 0 Å². The van der Waals surface area contributed by atoms with Gasteiger partial charge in [-0.05, 0) is 0 Å². The van der Waals surface area contributed by atoms with Gasteiger partial charge in [0.15, 0.2) is 4.99 Å². The van der Waals surface area contributed by atoms with E-state index in [9.17, 15) is 18.0 Å². The Kier molecular flexibility index (Phi) is 1.90. The molecular weight excluding hydrogens is 172 g/mol. The van der Waals surface area contributed by atoms with Crippen LogP contribution in [0.5, 0.6) is 0 Å². The van der Waals surface area contributed by atoms with Gasteiger partial charge in [-0.1, -0.05) is 0 Å². The number of hydrogen-bond donors (Lipinski definition) is 2. The molecule has 0 aromatic carbocycles. The number of imide groups is 1. The molecule has 0 atom stereocenters. The fraction of sp³-hybridized carbons (Fsp3) is 0.250. The monoisotopic (exact) mass is 176 g/mol. The fourth-order valence-electron chi connectivity index (χ4n) is 0.619. The number of nitrogens with one attached hydrogen (secondary N) is 2. The van der Waals surface area contributed by atoms with Crippen molar-refractivity contribution in [3.8, 4) is 0 Å². The molecule has 6 nitrogen and oxygen atoms in total. The summed E-state index contributed by atoms with van der Waals surface area (Å²) in [6.45, 7) is 0. The lowest BCUT2D eigenvalue weighted by atomic mass is 10.3. The molecule has 0 bridgehead atoms. The van der Waals surface area contributed by atoms with Crippen LogP contribution in [-0.4, -0.2) is 25.3 Å². The van der Waals surface area contributed by atoms with Gasteiger partial charge in [0.1, 0.15) is 0 Å². The maximum atomic E-state index is 10.5. The van der Waals surface area contributed by atoms with Gasteiger partial charge in [0.2, 0.25) is 16.2 Å². The predicted molar refractivity (Wildman–Crippen MR) is 35.2 cm³/mol. The molecule has 3 amide bonds. The van der Waals surface area contributed by atoms with Crippen molar-refractivity contribution in [1.82, 2.24) is 10.6 Å². The second-order valence-corrected chi connectivity index (χ2v) is 2.80. The summed E-state index contributed by atoms with van der Waals surface area (Å²) in [7, 11) is -2.52. The minimum atomic E-state index is -2.52. The lowest BCUT2D eigenvalue weighted by Crippen LogP contribution is -2.50. The first kappa shape index (κ1) is 7.73. The maximum Gasteiger partial charge on any atom is 0.326 e. The molecule has 60 valence electrons. The first-order valence-electron chi connectivity index (χ1n) is 2.65. The summed E-state index contributed by atoms with van der Waals surface area (Å²) >= 11 is 0. The van der Waals surface area contributed by atoms with Crippen LogP contribution in [0.2, 0.25) is 0 Å². The zero-order valence-electron chi connectivity index (χ0n) is 5.25. The third-order valence-corrected chi connectivity index (χ3v) is 1.68. The van der Waals surface area contributed by atoms with Crippen LogP contribution in [0.4, 0.5) is 4.79 Å². The molecule has 0 spiro atoms. The van der Waals surface area contributed by atoms with E-state index in [-0.39, 0.29) is 11.4 Å². The van der Waals surface area contributed by atoms with Crippen LogP contribution in [0.25, 0.3) is 0 Å². The van der Waals surface area contributed by atoms with Gasteiger partial charge in [-0.3, -0.25) is 15.4 Å². The van der Waals surface area contributed by atoms with Crippen LogP contribution in [0, 0.1) is 0 Å². The molecule has 7 heteroatoms. The average Bonchev–Trinajstić information content (AvgIpc) is 1.85. The van der Waals surface area contributed by atoms with Crippen LogP contribution in [0.1, 0.15) is 6.42 Å². The van der Waals surface area contributed by atoms with Crippen LogP contribution < -0.4 is 10.6 Å². The Hall–Kier alpha value is -1.37. The van der Waals surface area contributed by atoms with Crippen molar-refractivity contribution in [1.29, 1.82) is 0 Å². The van der Waals surface area contributed by atoms with E-state index in [0.717, 1.165) is 0 Å². The number of carbonyl (C=O) groups excluding carboxylic acids is 2. The molecule has 1 rings (SSSR count). The molecule has 0 saturated carbocycles. The van der Waals surface area contributed by atoms with Gasteiger partial charge in [0.25, 0.3) is 0 Å². The van der Waals surface area contributed by atoms with Crippen molar-refractivity contribution in [2.24, 2.45) is 0 Å². The topological polar surface area (TPSA) is 92.3 Å². The summed E-state index contributed by atoms with van der Waals surface area (Å²) in [6.07, 6.45) is -0.304. The molecule has 0 aromatic heterocycles. The number of rotatable bonds is 0. The highest BCUT2D eigenvalue weighted by molar-refractivity contribution is 7.73. The largest absolute Gasteiger partial charge is 0.326 e. The van der Waals surface area contributed by atoms with E-state index in [0.29, 0.717) is 0 Å². The highest BCUT2D eigenvalue weighted by Crippen LogP contribution is 1.87. The Morgan fingerprint density at radius 2 is 1.82 bits per heavy atom. The lowest BCUT2D eigenvalue weighted by Gasteiger charge is -2.11. The van der Waals surface area contributed by atoms with Gasteiger partial charge < -0.3 is 0 Å². The predicted octanol–water partition coefficient (Wildman–Crippen LogP) is -1.78. The molecule has 2 N–H and O–H groups in total. The highest BCUT2D eigenvalue weighted by atomic mass is 32.2. The number of hydrogen-bond acceptors (Lipinski definition) is 4. The van der Waals surface area contributed by atoms with E-state index in [1.54, 1.807) is 0 Å². The van der Waals surface area contributed by atoms with Gasteiger partial charge in [-0.25, -0.2) is 4.79 Å².